The average Bonchev–Trinajstić information content (AvgIpc) is 3.86. The number of carbonyl (C=O) groups is 6. The van der Waals surface area contributed by atoms with Gasteiger partial charge in [-0.25, -0.2) is 15.0 Å². The fourth-order valence-corrected chi connectivity index (χ4v) is 8.86. The number of anilines is 1. The smallest absolute Gasteiger partial charge is 0.270 e. The number of aldehydes is 2. The number of pyridine rings is 1. The second-order valence-electron chi connectivity index (χ2n) is 17.1. The van der Waals surface area contributed by atoms with Crippen molar-refractivity contribution >= 4 is 59.7 Å². The van der Waals surface area contributed by atoms with Gasteiger partial charge in [-0.05, 0) is 70.8 Å². The third-order valence-corrected chi connectivity index (χ3v) is 12.6. The molecule has 5 rings (SSSR count). The van der Waals surface area contributed by atoms with Crippen molar-refractivity contribution < 1.29 is 33.5 Å². The molecule has 3 heterocycles. The Morgan fingerprint density at radius 1 is 1.06 bits per heavy atom. The first kappa shape index (κ1) is 51.1. The van der Waals surface area contributed by atoms with Gasteiger partial charge in [0.05, 0.1) is 50.2 Å². The van der Waals surface area contributed by atoms with E-state index >= 15 is 0 Å². The van der Waals surface area contributed by atoms with E-state index in [1.165, 1.54) is 13.4 Å². The minimum Gasteiger partial charge on any atom is -0.390 e. The zero-order chi connectivity index (χ0) is 47.6. The van der Waals surface area contributed by atoms with Crippen molar-refractivity contribution in [2.45, 2.75) is 95.4 Å². The van der Waals surface area contributed by atoms with Crippen LogP contribution in [0.25, 0.3) is 0 Å². The van der Waals surface area contributed by atoms with Gasteiger partial charge in [-0.1, -0.05) is 31.9 Å². The normalized spacial score (nSPS) is 19.3. The van der Waals surface area contributed by atoms with E-state index in [9.17, 15) is 28.8 Å². The Morgan fingerprint density at radius 3 is 2.47 bits per heavy atom. The topological polar surface area (TPSA) is 228 Å². The van der Waals surface area contributed by atoms with Gasteiger partial charge in [0.1, 0.15) is 30.0 Å². The number of aliphatic imine (C=N–C) groups is 2. The molecule has 5 N–H and O–H groups in total. The maximum absolute atomic E-state index is 13.4. The number of likely N-dealkylation sites (N-methyl/N-ethyl adjacent to an activating group) is 4. The number of nitrogens with one attached hydrogen (secondary N) is 3. The molecule has 1 aliphatic carbocycles. The molecular formula is C47H68N12O7. The highest BCUT2D eigenvalue weighted by molar-refractivity contribution is 6.08. The van der Waals surface area contributed by atoms with E-state index in [0.717, 1.165) is 70.7 Å². The van der Waals surface area contributed by atoms with E-state index < -0.39 is 6.04 Å². The summed E-state index contributed by atoms with van der Waals surface area (Å²) in [5.74, 6) is -0.101. The van der Waals surface area contributed by atoms with Crippen LogP contribution in [0.3, 0.4) is 0 Å². The summed E-state index contributed by atoms with van der Waals surface area (Å²) < 4.78 is 5.93. The lowest BCUT2D eigenvalue weighted by molar-refractivity contribution is -0.134. The number of benzene rings is 1. The highest BCUT2D eigenvalue weighted by atomic mass is 16.5. The van der Waals surface area contributed by atoms with Crippen LogP contribution in [-0.2, 0) is 30.5 Å². The van der Waals surface area contributed by atoms with Crippen molar-refractivity contribution in [3.63, 3.8) is 0 Å². The number of rotatable bonds is 23. The van der Waals surface area contributed by atoms with Gasteiger partial charge in [-0.2, -0.15) is 0 Å². The fourth-order valence-electron chi connectivity index (χ4n) is 8.86. The molecule has 1 aromatic heterocycles. The van der Waals surface area contributed by atoms with E-state index in [-0.39, 0.29) is 61.3 Å². The van der Waals surface area contributed by atoms with Crippen LogP contribution in [0.4, 0.5) is 11.4 Å². The van der Waals surface area contributed by atoms with Crippen LogP contribution in [0, 0.1) is 0 Å². The van der Waals surface area contributed by atoms with Gasteiger partial charge < -0.3 is 45.9 Å². The van der Waals surface area contributed by atoms with E-state index in [1.807, 2.05) is 18.9 Å². The largest absolute Gasteiger partial charge is 0.390 e. The number of ether oxygens (including phenoxy) is 1. The lowest BCUT2D eigenvalue weighted by atomic mass is 10.0. The highest BCUT2D eigenvalue weighted by Gasteiger charge is 2.43. The molecule has 4 amide bonds. The number of amidine groups is 1. The van der Waals surface area contributed by atoms with Crippen molar-refractivity contribution in [1.82, 2.24) is 40.1 Å². The van der Waals surface area contributed by atoms with Crippen LogP contribution >= 0.6 is 0 Å². The molecule has 66 heavy (non-hydrogen) atoms. The summed E-state index contributed by atoms with van der Waals surface area (Å²) in [6.45, 7) is 6.16. The van der Waals surface area contributed by atoms with Crippen molar-refractivity contribution in [3.05, 3.63) is 65.2 Å². The summed E-state index contributed by atoms with van der Waals surface area (Å²) in [7, 11) is 6.84. The number of amides is 4. The van der Waals surface area contributed by atoms with Crippen molar-refractivity contribution in [2.75, 3.05) is 79.4 Å². The molecule has 2 aliphatic heterocycles. The van der Waals surface area contributed by atoms with E-state index in [0.29, 0.717) is 72.3 Å². The summed E-state index contributed by atoms with van der Waals surface area (Å²) >= 11 is 0. The summed E-state index contributed by atoms with van der Waals surface area (Å²) in [5, 5.41) is 8.70. The molecule has 19 heteroatoms. The van der Waals surface area contributed by atoms with E-state index in [4.69, 9.17) is 15.5 Å². The summed E-state index contributed by atoms with van der Waals surface area (Å²) in [4.78, 5) is 98.6. The monoisotopic (exact) mass is 913 g/mol. The second-order valence-corrected chi connectivity index (χ2v) is 17.1. The number of hydrogen-bond acceptors (Lipinski definition) is 13. The standard InChI is InChI=1S/C47H68N12O7/c1-6-40-47(65)57(5)42(28-50-32-48)44(59(40)36-12-7-8-13-36)52-35-16-17-39(51-27-35)45(63)53-34-18-20-58(21-19-34)23-26-66-25-22-55(3)30-43(62)54-38-14-9-11-33(31-61)37(38)29-56(4)41(15-10-24-60)46(64)49-2/h9,11,14,16-17,24,27-28,31-32,34,36,40-41H,6-8,10,12-13,15,18-23,25-26,29-30H2,1-5H3,(H2,48,50)(H,49,64)(H,53,63)(H,54,62)/b42-28+,52-44?. The molecule has 358 valence electrons. The van der Waals surface area contributed by atoms with Crippen LogP contribution in [0.5, 0.6) is 0 Å². The molecule has 0 bridgehead atoms. The molecule has 2 atom stereocenters. The van der Waals surface area contributed by atoms with Gasteiger partial charge in [0.2, 0.25) is 17.7 Å². The lowest BCUT2D eigenvalue weighted by Gasteiger charge is -2.45. The van der Waals surface area contributed by atoms with Crippen molar-refractivity contribution in [2.24, 2.45) is 15.7 Å². The predicted octanol–water partition coefficient (Wildman–Crippen LogP) is 2.55. The van der Waals surface area contributed by atoms with Crippen LogP contribution in [0.15, 0.2) is 58.4 Å². The number of piperazine rings is 1. The third-order valence-electron chi connectivity index (χ3n) is 12.6. The minimum absolute atomic E-state index is 0.00542. The number of aromatic nitrogens is 1. The van der Waals surface area contributed by atoms with Gasteiger partial charge in [-0.15, -0.1) is 0 Å². The minimum atomic E-state index is -0.588. The maximum Gasteiger partial charge on any atom is 0.270 e. The first-order valence-corrected chi connectivity index (χ1v) is 23.0. The zero-order valence-electron chi connectivity index (χ0n) is 39.1. The molecule has 1 saturated carbocycles. The van der Waals surface area contributed by atoms with Crippen LogP contribution < -0.4 is 21.7 Å². The first-order valence-electron chi connectivity index (χ1n) is 23.0. The number of likely N-dealkylation sites (tertiary alicyclic amines) is 1. The van der Waals surface area contributed by atoms with Crippen LogP contribution in [0.2, 0.25) is 0 Å². The van der Waals surface area contributed by atoms with Crippen molar-refractivity contribution in [3.8, 4) is 0 Å². The highest BCUT2D eigenvalue weighted by Crippen LogP contribution is 2.34. The molecule has 0 radical (unpaired) electrons. The van der Waals surface area contributed by atoms with Crippen molar-refractivity contribution in [1.29, 1.82) is 0 Å². The van der Waals surface area contributed by atoms with E-state index in [1.54, 1.807) is 66.6 Å². The van der Waals surface area contributed by atoms with Gasteiger partial charge in [0.15, 0.2) is 5.84 Å². The number of piperidine rings is 1. The summed E-state index contributed by atoms with van der Waals surface area (Å²) in [6.07, 6.45) is 12.7. The molecular weight excluding hydrogens is 845 g/mol. The number of hydrogen-bond donors (Lipinski definition) is 4. The van der Waals surface area contributed by atoms with Gasteiger partial charge in [-0.3, -0.25) is 33.8 Å². The Bertz CT molecular complexity index is 2060. The molecule has 1 aromatic carbocycles. The van der Waals surface area contributed by atoms with Gasteiger partial charge in [0.25, 0.3) is 5.91 Å². The summed E-state index contributed by atoms with van der Waals surface area (Å²) in [6, 6.07) is 7.80. The number of nitrogens with two attached hydrogens (primary N) is 1. The van der Waals surface area contributed by atoms with Crippen LogP contribution in [-0.4, -0.2) is 176 Å². The molecule has 3 fully saturated rings. The molecule has 19 nitrogen and oxygen atoms in total. The fraction of sp³-hybridized carbons (Fsp3) is 0.553. The Hall–Kier alpha value is -5.89. The Balaban J connectivity index is 1.04. The Kier molecular flexibility index (Phi) is 19.9. The molecule has 2 unspecified atom stereocenters. The quantitative estimate of drug-likeness (QED) is 0.0545. The second kappa shape index (κ2) is 25.7. The van der Waals surface area contributed by atoms with Gasteiger partial charge in [0, 0.05) is 82.1 Å². The number of nitrogens with zero attached hydrogens (tertiary/aromatic N) is 8. The molecule has 0 spiro atoms. The van der Waals surface area contributed by atoms with Crippen LogP contribution in [0.1, 0.15) is 91.1 Å². The Labute approximate surface area is 388 Å². The van der Waals surface area contributed by atoms with E-state index in [2.05, 4.69) is 35.7 Å². The Morgan fingerprint density at radius 2 is 1.82 bits per heavy atom. The summed E-state index contributed by atoms with van der Waals surface area (Å²) in [5.41, 5.74) is 8.46. The predicted molar refractivity (Wildman–Crippen MR) is 253 cm³/mol. The molecule has 2 aromatic rings. The molecule has 2 saturated heterocycles. The first-order chi connectivity index (χ1) is 31.9. The SMILES string of the molecule is CCC1C(=O)N(C)/C(=C/N=CN)C(=Nc2ccc(C(=O)NC3CCN(CCOCCN(C)CC(=O)Nc4cccc(C=O)c4CN(C)C(CCC=O)C(=O)NC)CC3)nc2)N1C1CCCC1. The number of carbonyl (C=O) groups excluding carboxylic acids is 6. The van der Waals surface area contributed by atoms with Gasteiger partial charge >= 0.3 is 0 Å². The zero-order valence-corrected chi connectivity index (χ0v) is 39.1. The maximum atomic E-state index is 13.4. The molecule has 3 aliphatic rings. The average molecular weight is 913 g/mol. The third kappa shape index (κ3) is 13.8. The lowest BCUT2D eigenvalue weighted by Crippen LogP contribution is -2.60.